The Morgan fingerprint density at radius 1 is 0.880 bits per heavy atom. The molecule has 2 aromatic heterocycles. The predicted octanol–water partition coefficient (Wildman–Crippen LogP) is 5.40. The van der Waals surface area contributed by atoms with Gasteiger partial charge < -0.3 is 10.0 Å². The van der Waals surface area contributed by atoms with Crippen molar-refractivity contribution in [2.24, 2.45) is 0 Å². The number of hydrogen-bond donors (Lipinski definition) is 2. The Hall–Kier alpha value is -0.615. The van der Waals surface area contributed by atoms with E-state index in [1.165, 1.54) is 65.8 Å². The van der Waals surface area contributed by atoms with Crippen molar-refractivity contribution >= 4 is 34.6 Å². The third-order valence-corrected chi connectivity index (χ3v) is 7.05. The summed E-state index contributed by atoms with van der Waals surface area (Å²) in [6.45, 7) is 4.46. The van der Waals surface area contributed by atoms with E-state index in [1.54, 1.807) is 22.7 Å². The van der Waals surface area contributed by atoms with Crippen LogP contribution in [0.3, 0.4) is 0 Å². The standard InChI is InChI=1S/C20H31BO2S2/c1-3-5-7-9-12-16-17(13-10-8-6-4-2)20(21(22)23)25-19(16)18-14-11-15-24-18/h11,14-15,22-23H,3-10,12-13H2,1-2H3. The molecule has 0 saturated heterocycles. The average molecular weight is 378 g/mol. The molecule has 0 atom stereocenters. The minimum Gasteiger partial charge on any atom is -0.423 e. The maximum atomic E-state index is 9.92. The van der Waals surface area contributed by atoms with Gasteiger partial charge >= 0.3 is 7.12 Å². The van der Waals surface area contributed by atoms with Crippen molar-refractivity contribution in [2.45, 2.75) is 78.1 Å². The minimum atomic E-state index is -1.35. The molecule has 0 bridgehead atoms. The normalized spacial score (nSPS) is 11.2. The third kappa shape index (κ3) is 5.95. The summed E-state index contributed by atoms with van der Waals surface area (Å²) in [6.07, 6.45) is 11.8. The highest BCUT2D eigenvalue weighted by atomic mass is 32.1. The highest BCUT2D eigenvalue weighted by Crippen LogP contribution is 2.36. The van der Waals surface area contributed by atoms with Crippen LogP contribution < -0.4 is 4.78 Å². The Morgan fingerprint density at radius 3 is 2.04 bits per heavy atom. The van der Waals surface area contributed by atoms with Crippen molar-refractivity contribution in [3.8, 4) is 9.75 Å². The van der Waals surface area contributed by atoms with Crippen LogP contribution in [0, 0.1) is 0 Å². The quantitative estimate of drug-likeness (QED) is 0.383. The van der Waals surface area contributed by atoms with Gasteiger partial charge in [0, 0.05) is 14.5 Å². The lowest BCUT2D eigenvalue weighted by Gasteiger charge is -2.09. The second-order valence-corrected chi connectivity index (χ2v) is 8.72. The first-order valence-electron chi connectivity index (χ1n) is 9.73. The van der Waals surface area contributed by atoms with E-state index in [0.717, 1.165) is 24.0 Å². The van der Waals surface area contributed by atoms with Gasteiger partial charge in [-0.25, -0.2) is 0 Å². The number of unbranched alkanes of at least 4 members (excludes halogenated alkanes) is 6. The molecule has 2 rings (SSSR count). The van der Waals surface area contributed by atoms with Crippen LogP contribution in [0.2, 0.25) is 0 Å². The van der Waals surface area contributed by atoms with Crippen LogP contribution in [-0.2, 0) is 12.8 Å². The SMILES string of the molecule is CCCCCCc1c(B(O)O)sc(-c2cccs2)c1CCCCCC. The van der Waals surface area contributed by atoms with Crippen LogP contribution in [0.25, 0.3) is 9.75 Å². The third-order valence-electron chi connectivity index (χ3n) is 4.69. The lowest BCUT2D eigenvalue weighted by atomic mass is 9.82. The van der Waals surface area contributed by atoms with Crippen molar-refractivity contribution in [2.75, 3.05) is 0 Å². The molecule has 0 aromatic carbocycles. The molecule has 0 unspecified atom stereocenters. The molecule has 0 saturated carbocycles. The van der Waals surface area contributed by atoms with E-state index in [0.29, 0.717) is 0 Å². The molecule has 0 aliphatic rings. The topological polar surface area (TPSA) is 40.5 Å². The van der Waals surface area contributed by atoms with E-state index < -0.39 is 7.12 Å². The fourth-order valence-corrected chi connectivity index (χ4v) is 5.48. The second-order valence-electron chi connectivity index (χ2n) is 6.72. The summed E-state index contributed by atoms with van der Waals surface area (Å²) < 4.78 is 0.769. The van der Waals surface area contributed by atoms with Crippen LogP contribution in [0.5, 0.6) is 0 Å². The summed E-state index contributed by atoms with van der Waals surface area (Å²) in [4.78, 5) is 2.53. The summed E-state index contributed by atoms with van der Waals surface area (Å²) in [6, 6.07) is 4.23. The fourth-order valence-electron chi connectivity index (χ4n) is 3.33. The lowest BCUT2D eigenvalue weighted by molar-refractivity contribution is 0.426. The molecule has 2 heterocycles. The van der Waals surface area contributed by atoms with Gasteiger partial charge in [-0.3, -0.25) is 0 Å². The first kappa shape index (κ1) is 20.7. The Bertz CT molecular complexity index is 605. The van der Waals surface area contributed by atoms with Crippen LogP contribution in [0.1, 0.15) is 76.3 Å². The van der Waals surface area contributed by atoms with Crippen LogP contribution in [0.4, 0.5) is 0 Å². The lowest BCUT2D eigenvalue weighted by Crippen LogP contribution is -2.30. The maximum absolute atomic E-state index is 9.92. The van der Waals surface area contributed by atoms with Gasteiger partial charge in [0.2, 0.25) is 0 Å². The number of thiophene rings is 2. The minimum absolute atomic E-state index is 0.769. The van der Waals surface area contributed by atoms with Gasteiger partial charge in [-0.05, 0) is 48.3 Å². The molecule has 0 radical (unpaired) electrons. The molecule has 5 heteroatoms. The zero-order chi connectivity index (χ0) is 18.1. The van der Waals surface area contributed by atoms with E-state index in [9.17, 15) is 10.0 Å². The Kier molecular flexibility index (Phi) is 9.25. The molecule has 25 heavy (non-hydrogen) atoms. The summed E-state index contributed by atoms with van der Waals surface area (Å²) in [5.74, 6) is 0. The summed E-state index contributed by atoms with van der Waals surface area (Å²) >= 11 is 3.34. The van der Waals surface area contributed by atoms with Crippen molar-refractivity contribution in [1.29, 1.82) is 0 Å². The highest BCUT2D eigenvalue weighted by molar-refractivity contribution is 7.28. The summed E-state index contributed by atoms with van der Waals surface area (Å²) in [7, 11) is -1.35. The van der Waals surface area contributed by atoms with Crippen LogP contribution in [-0.4, -0.2) is 17.2 Å². The van der Waals surface area contributed by atoms with Gasteiger partial charge in [0.15, 0.2) is 0 Å². The van der Waals surface area contributed by atoms with Crippen molar-refractivity contribution < 1.29 is 10.0 Å². The van der Waals surface area contributed by atoms with Crippen LogP contribution >= 0.6 is 22.7 Å². The van der Waals surface area contributed by atoms with Gasteiger partial charge in [-0.15, -0.1) is 22.7 Å². The molecule has 0 fully saturated rings. The molecule has 2 nitrogen and oxygen atoms in total. The molecule has 0 aliphatic carbocycles. The molecule has 138 valence electrons. The van der Waals surface area contributed by atoms with E-state index in [-0.39, 0.29) is 0 Å². The molecule has 0 spiro atoms. The van der Waals surface area contributed by atoms with E-state index >= 15 is 0 Å². The van der Waals surface area contributed by atoms with Gasteiger partial charge in [-0.2, -0.15) is 0 Å². The first-order valence-corrected chi connectivity index (χ1v) is 11.4. The zero-order valence-electron chi connectivity index (χ0n) is 15.6. The number of rotatable bonds is 12. The van der Waals surface area contributed by atoms with Gasteiger partial charge in [-0.1, -0.05) is 58.4 Å². The van der Waals surface area contributed by atoms with Gasteiger partial charge in [0.05, 0.1) is 0 Å². The zero-order valence-corrected chi connectivity index (χ0v) is 17.2. The molecular weight excluding hydrogens is 347 g/mol. The predicted molar refractivity (Wildman–Crippen MR) is 113 cm³/mol. The summed E-state index contributed by atoms with van der Waals surface area (Å²) in [5, 5.41) is 21.9. The van der Waals surface area contributed by atoms with E-state index in [4.69, 9.17) is 0 Å². The van der Waals surface area contributed by atoms with Gasteiger partial charge in [0.1, 0.15) is 0 Å². The Morgan fingerprint density at radius 2 is 1.52 bits per heavy atom. The second kappa shape index (κ2) is 11.2. The molecule has 0 amide bonds. The van der Waals surface area contributed by atoms with Crippen molar-refractivity contribution in [3.05, 3.63) is 28.6 Å². The maximum Gasteiger partial charge on any atom is 0.499 e. The van der Waals surface area contributed by atoms with E-state index in [2.05, 4.69) is 31.4 Å². The molecule has 0 aliphatic heterocycles. The summed E-state index contributed by atoms with van der Waals surface area (Å²) in [5.41, 5.74) is 2.60. The Labute approximate surface area is 161 Å². The number of hydrogen-bond acceptors (Lipinski definition) is 4. The van der Waals surface area contributed by atoms with Crippen molar-refractivity contribution in [3.63, 3.8) is 0 Å². The Balaban J connectivity index is 2.27. The van der Waals surface area contributed by atoms with Crippen LogP contribution in [0.15, 0.2) is 17.5 Å². The fraction of sp³-hybridized carbons (Fsp3) is 0.600. The van der Waals surface area contributed by atoms with Crippen molar-refractivity contribution in [1.82, 2.24) is 0 Å². The largest absolute Gasteiger partial charge is 0.499 e. The molecule has 2 aromatic rings. The smallest absolute Gasteiger partial charge is 0.423 e. The van der Waals surface area contributed by atoms with Gasteiger partial charge in [0.25, 0.3) is 0 Å². The highest BCUT2D eigenvalue weighted by Gasteiger charge is 2.25. The van der Waals surface area contributed by atoms with E-state index in [1.807, 2.05) is 0 Å². The molecule has 2 N–H and O–H groups in total. The monoisotopic (exact) mass is 378 g/mol. The molecular formula is C20H31BO2S2. The average Bonchev–Trinajstić information content (AvgIpc) is 3.23. The first-order chi connectivity index (χ1) is 12.2.